The summed E-state index contributed by atoms with van der Waals surface area (Å²) in [6.45, 7) is 1.50. The Morgan fingerprint density at radius 2 is 1.76 bits per heavy atom. The number of ether oxygens (including phenoxy) is 1. The third-order valence-electron chi connectivity index (χ3n) is 3.45. The second kappa shape index (κ2) is 5.28. The van der Waals surface area contributed by atoms with Crippen LogP contribution in [0.2, 0.25) is 0 Å². The predicted molar refractivity (Wildman–Crippen MR) is 74.6 cm³/mol. The van der Waals surface area contributed by atoms with Crippen molar-refractivity contribution < 1.29 is 18.3 Å². The maximum Gasteiger partial charge on any atom is 0.198 e. The first-order valence-corrected chi connectivity index (χ1v) is 6.82. The lowest BCUT2D eigenvalue weighted by atomic mass is 10.00. The zero-order chi connectivity index (χ0) is 15.0. The number of halogens is 2. The predicted octanol–water partition coefficient (Wildman–Crippen LogP) is 4.05. The molecule has 0 N–H and O–H groups in total. The molecule has 3 rings (SSSR count). The highest BCUT2D eigenvalue weighted by Gasteiger charge is 2.24. The molecule has 21 heavy (non-hydrogen) atoms. The summed E-state index contributed by atoms with van der Waals surface area (Å²) in [4.78, 5) is 12.3. The molecule has 0 aliphatic heterocycles. The highest BCUT2D eigenvalue weighted by molar-refractivity contribution is 6.09. The number of hydrogen-bond acceptors (Lipinski definition) is 2. The SMILES string of the molecule is Cc1ccc(F)c(C(=O)c2ccc(OC3CC3)cc2)c1F. The average Bonchev–Trinajstić information content (AvgIpc) is 3.28. The van der Waals surface area contributed by atoms with Crippen LogP contribution < -0.4 is 4.74 Å². The molecule has 0 amide bonds. The van der Waals surface area contributed by atoms with Crippen LogP contribution in [0.5, 0.6) is 5.75 Å². The van der Waals surface area contributed by atoms with Crippen LogP contribution in [0.15, 0.2) is 36.4 Å². The summed E-state index contributed by atoms with van der Waals surface area (Å²) in [5, 5.41) is 0. The second-order valence-electron chi connectivity index (χ2n) is 5.22. The van der Waals surface area contributed by atoms with Gasteiger partial charge in [-0.15, -0.1) is 0 Å². The van der Waals surface area contributed by atoms with Gasteiger partial charge in [-0.3, -0.25) is 4.79 Å². The monoisotopic (exact) mass is 288 g/mol. The second-order valence-corrected chi connectivity index (χ2v) is 5.22. The average molecular weight is 288 g/mol. The van der Waals surface area contributed by atoms with Gasteiger partial charge in [0.25, 0.3) is 0 Å². The van der Waals surface area contributed by atoms with Crippen molar-refractivity contribution in [1.82, 2.24) is 0 Å². The van der Waals surface area contributed by atoms with E-state index in [2.05, 4.69) is 0 Å². The fourth-order valence-electron chi connectivity index (χ4n) is 2.07. The van der Waals surface area contributed by atoms with Gasteiger partial charge in [0.1, 0.15) is 17.4 Å². The smallest absolute Gasteiger partial charge is 0.198 e. The minimum atomic E-state index is -0.846. The van der Waals surface area contributed by atoms with E-state index in [0.717, 1.165) is 18.9 Å². The third kappa shape index (κ3) is 2.79. The standard InChI is InChI=1S/C17H14F2O2/c1-10-2-9-14(18)15(16(10)19)17(20)11-3-5-12(6-4-11)21-13-7-8-13/h2-6,9,13H,7-8H2,1H3. The van der Waals surface area contributed by atoms with Crippen molar-refractivity contribution >= 4 is 5.78 Å². The van der Waals surface area contributed by atoms with Crippen LogP contribution in [0, 0.1) is 18.6 Å². The van der Waals surface area contributed by atoms with Crippen molar-refractivity contribution in [3.63, 3.8) is 0 Å². The topological polar surface area (TPSA) is 26.3 Å². The van der Waals surface area contributed by atoms with Gasteiger partial charge in [-0.05, 0) is 55.7 Å². The first kappa shape index (κ1) is 13.7. The van der Waals surface area contributed by atoms with E-state index in [1.807, 2.05) is 0 Å². The molecule has 0 heterocycles. The van der Waals surface area contributed by atoms with Gasteiger partial charge in [0.15, 0.2) is 5.78 Å². The van der Waals surface area contributed by atoms with Gasteiger partial charge in [0.2, 0.25) is 0 Å². The maximum atomic E-state index is 14.0. The highest BCUT2D eigenvalue weighted by Crippen LogP contribution is 2.27. The van der Waals surface area contributed by atoms with Gasteiger partial charge in [-0.2, -0.15) is 0 Å². The first-order chi connectivity index (χ1) is 10.1. The minimum Gasteiger partial charge on any atom is -0.490 e. The van der Waals surface area contributed by atoms with Crippen LogP contribution in [-0.2, 0) is 0 Å². The molecule has 0 saturated heterocycles. The number of benzene rings is 2. The molecule has 1 aliphatic carbocycles. The van der Waals surface area contributed by atoms with E-state index in [1.54, 1.807) is 12.1 Å². The summed E-state index contributed by atoms with van der Waals surface area (Å²) >= 11 is 0. The van der Waals surface area contributed by atoms with Gasteiger partial charge in [-0.1, -0.05) is 6.07 Å². The quantitative estimate of drug-likeness (QED) is 0.793. The van der Waals surface area contributed by atoms with Crippen molar-refractivity contribution in [2.24, 2.45) is 0 Å². The Bertz CT molecular complexity index is 689. The number of ketones is 1. The van der Waals surface area contributed by atoms with Crippen LogP contribution in [0.25, 0.3) is 0 Å². The number of carbonyl (C=O) groups excluding carboxylic acids is 1. The van der Waals surface area contributed by atoms with Crippen molar-refractivity contribution in [2.75, 3.05) is 0 Å². The van der Waals surface area contributed by atoms with Gasteiger partial charge < -0.3 is 4.74 Å². The summed E-state index contributed by atoms with van der Waals surface area (Å²) in [6.07, 6.45) is 2.35. The Hall–Kier alpha value is -2.23. The van der Waals surface area contributed by atoms with E-state index in [9.17, 15) is 13.6 Å². The number of hydrogen-bond donors (Lipinski definition) is 0. The Labute approximate surface area is 121 Å². The fourth-order valence-corrected chi connectivity index (χ4v) is 2.07. The Morgan fingerprint density at radius 3 is 2.38 bits per heavy atom. The van der Waals surface area contributed by atoms with Crippen molar-refractivity contribution in [3.05, 3.63) is 64.7 Å². The van der Waals surface area contributed by atoms with E-state index in [4.69, 9.17) is 4.74 Å². The maximum absolute atomic E-state index is 14.0. The Balaban J connectivity index is 1.89. The van der Waals surface area contributed by atoms with E-state index in [1.165, 1.54) is 25.1 Å². The first-order valence-electron chi connectivity index (χ1n) is 6.82. The number of aryl methyl sites for hydroxylation is 1. The molecule has 2 nitrogen and oxygen atoms in total. The van der Waals surface area contributed by atoms with Crippen LogP contribution in [0.4, 0.5) is 8.78 Å². The molecule has 0 spiro atoms. The van der Waals surface area contributed by atoms with Gasteiger partial charge in [0.05, 0.1) is 11.7 Å². The molecule has 1 fully saturated rings. The largest absolute Gasteiger partial charge is 0.490 e. The van der Waals surface area contributed by atoms with E-state index < -0.39 is 23.0 Å². The molecule has 108 valence electrons. The zero-order valence-corrected chi connectivity index (χ0v) is 11.5. The van der Waals surface area contributed by atoms with E-state index in [0.29, 0.717) is 5.75 Å². The molecule has 0 radical (unpaired) electrons. The summed E-state index contributed by atoms with van der Waals surface area (Å²) < 4.78 is 33.3. The number of carbonyl (C=O) groups is 1. The molecular formula is C17H14F2O2. The molecule has 2 aromatic rings. The molecular weight excluding hydrogens is 274 g/mol. The molecule has 0 unspecified atom stereocenters. The van der Waals surface area contributed by atoms with Gasteiger partial charge in [0, 0.05) is 5.56 Å². The van der Waals surface area contributed by atoms with Gasteiger partial charge in [-0.25, -0.2) is 8.78 Å². The molecule has 1 saturated carbocycles. The molecule has 1 aliphatic rings. The lowest BCUT2D eigenvalue weighted by molar-refractivity contribution is 0.103. The molecule has 2 aromatic carbocycles. The van der Waals surface area contributed by atoms with Crippen LogP contribution >= 0.6 is 0 Å². The van der Waals surface area contributed by atoms with Crippen LogP contribution in [-0.4, -0.2) is 11.9 Å². The van der Waals surface area contributed by atoms with Gasteiger partial charge >= 0.3 is 0 Å². The lowest BCUT2D eigenvalue weighted by Gasteiger charge is -2.08. The summed E-state index contributed by atoms with van der Waals surface area (Å²) in [7, 11) is 0. The third-order valence-corrected chi connectivity index (χ3v) is 3.45. The fraction of sp³-hybridized carbons (Fsp3) is 0.235. The van der Waals surface area contributed by atoms with Crippen molar-refractivity contribution in [2.45, 2.75) is 25.9 Å². The van der Waals surface area contributed by atoms with Crippen molar-refractivity contribution in [3.8, 4) is 5.75 Å². The van der Waals surface area contributed by atoms with E-state index in [-0.39, 0.29) is 17.2 Å². The van der Waals surface area contributed by atoms with Crippen LogP contribution in [0.1, 0.15) is 34.3 Å². The summed E-state index contributed by atoms with van der Waals surface area (Å²) in [5.41, 5.74) is -0.0270. The molecule has 0 bridgehead atoms. The Kier molecular flexibility index (Phi) is 3.45. The minimum absolute atomic E-state index is 0.238. The molecule has 0 atom stereocenters. The molecule has 4 heteroatoms. The summed E-state index contributed by atoms with van der Waals surface area (Å²) in [6, 6.07) is 8.78. The van der Waals surface area contributed by atoms with E-state index >= 15 is 0 Å². The van der Waals surface area contributed by atoms with Crippen LogP contribution in [0.3, 0.4) is 0 Å². The molecule has 0 aromatic heterocycles. The lowest BCUT2D eigenvalue weighted by Crippen LogP contribution is -2.09. The summed E-state index contributed by atoms with van der Waals surface area (Å²) in [5.74, 6) is -1.65. The zero-order valence-electron chi connectivity index (χ0n) is 11.5. The highest BCUT2D eigenvalue weighted by atomic mass is 19.1. The Morgan fingerprint density at radius 1 is 1.10 bits per heavy atom. The number of rotatable bonds is 4. The normalized spacial score (nSPS) is 14.0. The van der Waals surface area contributed by atoms with Crippen molar-refractivity contribution in [1.29, 1.82) is 0 Å².